The van der Waals surface area contributed by atoms with Crippen molar-refractivity contribution in [1.29, 1.82) is 0 Å². The molecule has 39 heavy (non-hydrogen) atoms. The molecule has 0 saturated heterocycles. The van der Waals surface area contributed by atoms with Crippen molar-refractivity contribution in [3.05, 3.63) is 102 Å². The zero-order valence-electron chi connectivity index (χ0n) is 22.0. The number of amides is 1. The second-order valence-corrected chi connectivity index (χ2v) is 9.84. The monoisotopic (exact) mass is 520 g/mol. The maximum absolute atomic E-state index is 11.3. The molecule has 1 aliphatic carbocycles. The number of phenolic OH excluding ortho intramolecular Hbond substituents is 1. The maximum atomic E-state index is 11.3. The van der Waals surface area contributed by atoms with Crippen LogP contribution < -0.4 is 16.4 Å². The summed E-state index contributed by atoms with van der Waals surface area (Å²) >= 11 is 0. The smallest absolute Gasteiger partial charge is 0.221 e. The Balaban J connectivity index is 0.000000257. The van der Waals surface area contributed by atoms with E-state index in [0.29, 0.717) is 35.0 Å². The third-order valence-corrected chi connectivity index (χ3v) is 6.74. The van der Waals surface area contributed by atoms with Gasteiger partial charge >= 0.3 is 0 Å². The lowest BCUT2D eigenvalue weighted by Crippen LogP contribution is -2.08. The van der Waals surface area contributed by atoms with Crippen molar-refractivity contribution >= 4 is 28.7 Å². The van der Waals surface area contributed by atoms with Gasteiger partial charge in [-0.15, -0.1) is 0 Å². The van der Waals surface area contributed by atoms with E-state index < -0.39 is 0 Å². The van der Waals surface area contributed by atoms with Crippen molar-refractivity contribution in [2.45, 2.75) is 32.7 Å². The lowest BCUT2D eigenvalue weighted by Gasteiger charge is -2.12. The molecule has 1 saturated carbocycles. The highest BCUT2D eigenvalue weighted by molar-refractivity contribution is 5.88. The van der Waals surface area contributed by atoms with Gasteiger partial charge in [-0.25, -0.2) is 4.98 Å². The number of hydrogen-bond acceptors (Lipinski definition) is 6. The summed E-state index contributed by atoms with van der Waals surface area (Å²) in [4.78, 5) is 15.8. The summed E-state index contributed by atoms with van der Waals surface area (Å²) < 4.78 is 1.62. The second-order valence-electron chi connectivity index (χ2n) is 9.84. The number of carbonyl (C=O) groups excluding carboxylic acids is 1. The first-order chi connectivity index (χ1) is 18.9. The van der Waals surface area contributed by atoms with E-state index in [1.807, 2.05) is 36.4 Å². The number of carbonyl (C=O) groups is 1. The number of phenols is 1. The average Bonchev–Trinajstić information content (AvgIpc) is 3.56. The SMILES string of the molecule is CC(=O)Nc1cccc(CNc2cc(-c3ccccc3O)nc3c(N)cnn23)c1.CC1C[C@H]1c1ccccc1. The molecule has 2 atom stereocenters. The lowest BCUT2D eigenvalue weighted by atomic mass is 10.1. The van der Waals surface area contributed by atoms with Crippen LogP contribution in [0.3, 0.4) is 0 Å². The molecular weight excluding hydrogens is 488 g/mol. The van der Waals surface area contributed by atoms with E-state index in [1.54, 1.807) is 28.9 Å². The summed E-state index contributed by atoms with van der Waals surface area (Å²) in [6.45, 7) is 4.28. The first-order valence-corrected chi connectivity index (χ1v) is 13.0. The summed E-state index contributed by atoms with van der Waals surface area (Å²) in [5, 5.41) is 20.6. The molecule has 3 aromatic carbocycles. The maximum Gasteiger partial charge on any atom is 0.221 e. The van der Waals surface area contributed by atoms with E-state index in [2.05, 4.69) is 58.0 Å². The van der Waals surface area contributed by atoms with Crippen LogP contribution in [-0.2, 0) is 11.3 Å². The number of anilines is 3. The van der Waals surface area contributed by atoms with Gasteiger partial charge in [0, 0.05) is 30.8 Å². The Kier molecular flexibility index (Phi) is 7.45. The number of para-hydroxylation sites is 1. The van der Waals surface area contributed by atoms with Crippen molar-refractivity contribution in [2.24, 2.45) is 5.92 Å². The van der Waals surface area contributed by atoms with E-state index >= 15 is 0 Å². The molecule has 1 aliphatic rings. The van der Waals surface area contributed by atoms with Crippen molar-refractivity contribution in [3.63, 3.8) is 0 Å². The molecule has 0 aliphatic heterocycles. The summed E-state index contributed by atoms with van der Waals surface area (Å²) in [5.74, 6) is 2.50. The number of nitrogens with two attached hydrogens (primary N) is 1. The zero-order valence-corrected chi connectivity index (χ0v) is 22.0. The Hall–Kier alpha value is -4.85. The van der Waals surface area contributed by atoms with Crippen molar-refractivity contribution in [3.8, 4) is 17.0 Å². The van der Waals surface area contributed by atoms with Crippen LogP contribution in [-0.4, -0.2) is 25.6 Å². The fourth-order valence-corrected chi connectivity index (χ4v) is 4.58. The number of nitrogens with one attached hydrogen (secondary N) is 2. The van der Waals surface area contributed by atoms with Crippen LogP contribution in [0.2, 0.25) is 0 Å². The normalized spacial score (nSPS) is 15.7. The number of benzene rings is 3. The number of aromatic nitrogens is 3. The van der Waals surface area contributed by atoms with Gasteiger partial charge in [-0.3, -0.25) is 4.79 Å². The standard InChI is InChI=1S/C21H20N6O2.C10H12/c1-13(28)25-15-6-4-5-14(9-15)11-23-20-10-18(16-7-2-3-8-19(16)29)26-21-17(22)12-24-27(20)21;1-8-7-10(8)9-5-3-2-4-6-9/h2-10,12,23,29H,11,22H2,1H3,(H,25,28);2-6,8,10H,7H2,1H3/t;8?,10-/m.1/s1. The third kappa shape index (κ3) is 6.18. The molecule has 6 rings (SSSR count). The molecule has 1 amide bonds. The van der Waals surface area contributed by atoms with Crippen LogP contribution in [0.25, 0.3) is 16.9 Å². The zero-order chi connectivity index (χ0) is 27.4. The number of nitrogen functional groups attached to an aromatic ring is 1. The Morgan fingerprint density at radius 1 is 1.05 bits per heavy atom. The van der Waals surface area contributed by atoms with Gasteiger partial charge in [-0.05, 0) is 53.6 Å². The van der Waals surface area contributed by atoms with Gasteiger partial charge in [0.15, 0.2) is 5.65 Å². The molecule has 8 heteroatoms. The van der Waals surface area contributed by atoms with Gasteiger partial charge in [0.05, 0.1) is 17.6 Å². The van der Waals surface area contributed by atoms with Crippen LogP contribution in [0.5, 0.6) is 5.75 Å². The van der Waals surface area contributed by atoms with Crippen LogP contribution in [0.4, 0.5) is 17.2 Å². The predicted molar refractivity (Wildman–Crippen MR) is 156 cm³/mol. The largest absolute Gasteiger partial charge is 0.507 e. The molecule has 2 aromatic heterocycles. The summed E-state index contributed by atoms with van der Waals surface area (Å²) in [6, 6.07) is 27.2. The van der Waals surface area contributed by atoms with Gasteiger partial charge in [0.1, 0.15) is 11.6 Å². The van der Waals surface area contributed by atoms with Crippen LogP contribution >= 0.6 is 0 Å². The highest BCUT2D eigenvalue weighted by Gasteiger charge is 2.33. The van der Waals surface area contributed by atoms with E-state index in [1.165, 1.54) is 18.9 Å². The minimum absolute atomic E-state index is 0.120. The summed E-state index contributed by atoms with van der Waals surface area (Å²) in [6.07, 6.45) is 2.93. The summed E-state index contributed by atoms with van der Waals surface area (Å²) in [5.41, 5.74) is 11.4. The lowest BCUT2D eigenvalue weighted by molar-refractivity contribution is -0.114. The molecule has 0 radical (unpaired) electrons. The first-order valence-electron chi connectivity index (χ1n) is 13.0. The molecule has 1 fully saturated rings. The highest BCUT2D eigenvalue weighted by atomic mass is 16.3. The fraction of sp³-hybridized carbons (Fsp3) is 0.194. The van der Waals surface area contributed by atoms with E-state index in [9.17, 15) is 9.90 Å². The number of hydrogen-bond donors (Lipinski definition) is 4. The number of nitrogens with zero attached hydrogens (tertiary/aromatic N) is 3. The van der Waals surface area contributed by atoms with E-state index in [0.717, 1.165) is 23.1 Å². The molecule has 5 aromatic rings. The van der Waals surface area contributed by atoms with Crippen LogP contribution in [0, 0.1) is 5.92 Å². The first kappa shape index (κ1) is 25.8. The molecule has 0 spiro atoms. The Bertz CT molecular complexity index is 1600. The minimum Gasteiger partial charge on any atom is -0.507 e. The van der Waals surface area contributed by atoms with Gasteiger partial charge < -0.3 is 21.5 Å². The molecule has 8 nitrogen and oxygen atoms in total. The number of fused-ring (bicyclic) bond motifs is 1. The predicted octanol–water partition coefficient (Wildman–Crippen LogP) is 6.06. The molecule has 0 bridgehead atoms. The van der Waals surface area contributed by atoms with Gasteiger partial charge in [-0.1, -0.05) is 61.5 Å². The van der Waals surface area contributed by atoms with Crippen molar-refractivity contribution < 1.29 is 9.90 Å². The van der Waals surface area contributed by atoms with Gasteiger partial charge in [-0.2, -0.15) is 9.61 Å². The van der Waals surface area contributed by atoms with Gasteiger partial charge in [0.25, 0.3) is 0 Å². The van der Waals surface area contributed by atoms with Crippen molar-refractivity contribution in [1.82, 2.24) is 14.6 Å². The second kappa shape index (κ2) is 11.3. The van der Waals surface area contributed by atoms with Crippen molar-refractivity contribution in [2.75, 3.05) is 16.4 Å². The van der Waals surface area contributed by atoms with E-state index in [4.69, 9.17) is 5.73 Å². The number of rotatable bonds is 6. The molecular formula is C31H32N6O2. The Labute approximate surface area is 227 Å². The Morgan fingerprint density at radius 3 is 2.51 bits per heavy atom. The summed E-state index contributed by atoms with van der Waals surface area (Å²) in [7, 11) is 0. The Morgan fingerprint density at radius 2 is 1.79 bits per heavy atom. The van der Waals surface area contributed by atoms with E-state index in [-0.39, 0.29) is 11.7 Å². The molecule has 1 unspecified atom stereocenters. The van der Waals surface area contributed by atoms with Crippen LogP contribution in [0.1, 0.15) is 37.3 Å². The molecule has 198 valence electrons. The molecule has 2 heterocycles. The third-order valence-electron chi connectivity index (χ3n) is 6.74. The van der Waals surface area contributed by atoms with Crippen LogP contribution in [0.15, 0.2) is 91.1 Å². The number of aromatic hydroxyl groups is 1. The van der Waals surface area contributed by atoms with Gasteiger partial charge in [0.2, 0.25) is 5.91 Å². The topological polar surface area (TPSA) is 118 Å². The minimum atomic E-state index is -0.120. The average molecular weight is 521 g/mol. The highest BCUT2D eigenvalue weighted by Crippen LogP contribution is 2.46. The fourth-order valence-electron chi connectivity index (χ4n) is 4.58. The quantitative estimate of drug-likeness (QED) is 0.216. The molecule has 5 N–H and O–H groups in total.